The Kier molecular flexibility index (Phi) is 4.05. The first-order valence-corrected chi connectivity index (χ1v) is 6.26. The molecule has 0 amide bonds. The summed E-state index contributed by atoms with van der Waals surface area (Å²) >= 11 is 5.86. The molecule has 0 saturated carbocycles. The maximum atomic E-state index is 13.9. The SMILES string of the molecule is Cc1ccc(C(=O)c2cccc(C(F)(F)F)c2F)cc1Cl. The van der Waals surface area contributed by atoms with E-state index in [0.717, 1.165) is 12.1 Å². The lowest BCUT2D eigenvalue weighted by atomic mass is 9.99. The fraction of sp³-hybridized carbons (Fsp3) is 0.133. The molecular formula is C15H9ClF4O. The van der Waals surface area contributed by atoms with Crippen LogP contribution in [0.5, 0.6) is 0 Å². The maximum absolute atomic E-state index is 13.9. The smallest absolute Gasteiger partial charge is 0.288 e. The van der Waals surface area contributed by atoms with Crippen molar-refractivity contribution in [1.82, 2.24) is 0 Å². The van der Waals surface area contributed by atoms with Gasteiger partial charge in [-0.15, -0.1) is 0 Å². The second-order valence-electron chi connectivity index (χ2n) is 4.46. The third kappa shape index (κ3) is 3.08. The fourth-order valence-electron chi connectivity index (χ4n) is 1.82. The molecule has 0 aliphatic rings. The number of carbonyl (C=O) groups is 1. The van der Waals surface area contributed by atoms with Crippen molar-refractivity contribution in [2.45, 2.75) is 13.1 Å². The Morgan fingerprint density at radius 3 is 2.38 bits per heavy atom. The van der Waals surface area contributed by atoms with Crippen molar-refractivity contribution in [2.75, 3.05) is 0 Å². The lowest BCUT2D eigenvalue weighted by molar-refractivity contribution is -0.140. The van der Waals surface area contributed by atoms with E-state index in [1.807, 2.05) is 0 Å². The summed E-state index contributed by atoms with van der Waals surface area (Å²) in [5.41, 5.74) is -1.36. The van der Waals surface area contributed by atoms with Crippen LogP contribution < -0.4 is 0 Å². The predicted molar refractivity (Wildman–Crippen MR) is 71.0 cm³/mol. The van der Waals surface area contributed by atoms with Gasteiger partial charge in [-0.05, 0) is 30.7 Å². The Morgan fingerprint density at radius 1 is 1.14 bits per heavy atom. The average Bonchev–Trinajstić information content (AvgIpc) is 2.40. The molecule has 0 bridgehead atoms. The molecule has 6 heteroatoms. The van der Waals surface area contributed by atoms with Gasteiger partial charge in [0.2, 0.25) is 0 Å². The van der Waals surface area contributed by atoms with Crippen LogP contribution in [0.4, 0.5) is 17.6 Å². The molecule has 2 aromatic rings. The standard InChI is InChI=1S/C15H9ClF4O/c1-8-5-6-9(7-12(8)16)14(21)10-3-2-4-11(13(10)17)15(18,19)20/h2-7H,1H3. The second kappa shape index (κ2) is 5.48. The van der Waals surface area contributed by atoms with E-state index in [1.54, 1.807) is 13.0 Å². The van der Waals surface area contributed by atoms with Crippen LogP contribution in [0.1, 0.15) is 27.0 Å². The molecule has 110 valence electrons. The van der Waals surface area contributed by atoms with Gasteiger partial charge in [0.25, 0.3) is 0 Å². The van der Waals surface area contributed by atoms with Crippen molar-refractivity contribution in [3.05, 3.63) is 69.5 Å². The van der Waals surface area contributed by atoms with Gasteiger partial charge in [0, 0.05) is 10.6 Å². The van der Waals surface area contributed by atoms with E-state index in [2.05, 4.69) is 0 Å². The Bertz CT molecular complexity index is 707. The number of carbonyl (C=O) groups excluding carboxylic acids is 1. The molecule has 21 heavy (non-hydrogen) atoms. The molecule has 0 N–H and O–H groups in total. The summed E-state index contributed by atoms with van der Waals surface area (Å²) in [5, 5.41) is 0.285. The highest BCUT2D eigenvalue weighted by atomic mass is 35.5. The zero-order valence-electron chi connectivity index (χ0n) is 10.8. The average molecular weight is 317 g/mol. The monoisotopic (exact) mass is 316 g/mol. The molecule has 0 aromatic heterocycles. The molecular weight excluding hydrogens is 308 g/mol. The second-order valence-corrected chi connectivity index (χ2v) is 4.87. The van der Waals surface area contributed by atoms with Crippen LogP contribution in [-0.4, -0.2) is 5.78 Å². The summed E-state index contributed by atoms with van der Waals surface area (Å²) in [7, 11) is 0. The number of hydrogen-bond acceptors (Lipinski definition) is 1. The molecule has 0 aliphatic carbocycles. The van der Waals surface area contributed by atoms with Gasteiger partial charge in [-0.1, -0.05) is 29.8 Å². The summed E-state index contributed by atoms with van der Waals surface area (Å²) in [4.78, 5) is 12.1. The Balaban J connectivity index is 2.51. The molecule has 1 nitrogen and oxygen atoms in total. The van der Waals surface area contributed by atoms with Crippen LogP contribution in [0.3, 0.4) is 0 Å². The van der Waals surface area contributed by atoms with Gasteiger partial charge >= 0.3 is 6.18 Å². The number of rotatable bonds is 2. The van der Waals surface area contributed by atoms with Crippen LogP contribution >= 0.6 is 11.6 Å². The molecule has 0 heterocycles. The van der Waals surface area contributed by atoms with E-state index in [1.165, 1.54) is 12.1 Å². The van der Waals surface area contributed by atoms with Crippen molar-refractivity contribution in [3.63, 3.8) is 0 Å². The summed E-state index contributed by atoms with van der Waals surface area (Å²) in [6.45, 7) is 1.71. The highest BCUT2D eigenvalue weighted by molar-refractivity contribution is 6.31. The van der Waals surface area contributed by atoms with Crippen molar-refractivity contribution < 1.29 is 22.4 Å². The number of aryl methyl sites for hydroxylation is 1. The Labute approximate surface area is 123 Å². The number of ketones is 1. The predicted octanol–water partition coefficient (Wildman–Crippen LogP) is 5.04. The van der Waals surface area contributed by atoms with E-state index in [9.17, 15) is 22.4 Å². The van der Waals surface area contributed by atoms with Crippen molar-refractivity contribution in [2.24, 2.45) is 0 Å². The largest absolute Gasteiger partial charge is 0.419 e. The molecule has 0 fully saturated rings. The maximum Gasteiger partial charge on any atom is 0.419 e. The minimum Gasteiger partial charge on any atom is -0.288 e. The van der Waals surface area contributed by atoms with Crippen LogP contribution in [0.2, 0.25) is 5.02 Å². The van der Waals surface area contributed by atoms with E-state index < -0.39 is 28.9 Å². The summed E-state index contributed by atoms with van der Waals surface area (Å²) in [6, 6.07) is 6.84. The van der Waals surface area contributed by atoms with E-state index in [-0.39, 0.29) is 10.6 Å². The van der Waals surface area contributed by atoms with Gasteiger partial charge in [0.15, 0.2) is 5.78 Å². The lowest BCUT2D eigenvalue weighted by Gasteiger charge is -2.11. The van der Waals surface area contributed by atoms with Gasteiger partial charge in [-0.3, -0.25) is 4.79 Å². The van der Waals surface area contributed by atoms with Crippen molar-refractivity contribution in [1.29, 1.82) is 0 Å². The van der Waals surface area contributed by atoms with Crippen molar-refractivity contribution in [3.8, 4) is 0 Å². The van der Waals surface area contributed by atoms with Crippen LogP contribution in [-0.2, 0) is 6.18 Å². The quantitative estimate of drug-likeness (QED) is 0.560. The van der Waals surface area contributed by atoms with Gasteiger partial charge < -0.3 is 0 Å². The molecule has 0 spiro atoms. The first-order chi connectivity index (χ1) is 9.71. The molecule has 0 atom stereocenters. The van der Waals surface area contributed by atoms with Gasteiger partial charge in [0.05, 0.1) is 11.1 Å². The highest BCUT2D eigenvalue weighted by Crippen LogP contribution is 2.33. The summed E-state index contributed by atoms with van der Waals surface area (Å²) < 4.78 is 51.8. The topological polar surface area (TPSA) is 17.1 Å². The summed E-state index contributed by atoms with van der Waals surface area (Å²) in [5.74, 6) is -2.42. The highest BCUT2D eigenvalue weighted by Gasteiger charge is 2.35. The first kappa shape index (κ1) is 15.5. The molecule has 0 radical (unpaired) electrons. The molecule has 2 rings (SSSR count). The number of hydrogen-bond donors (Lipinski definition) is 0. The third-order valence-electron chi connectivity index (χ3n) is 2.98. The Morgan fingerprint density at radius 2 is 1.81 bits per heavy atom. The summed E-state index contributed by atoms with van der Waals surface area (Å²) in [6.07, 6.45) is -4.86. The molecule has 2 aromatic carbocycles. The van der Waals surface area contributed by atoms with Gasteiger partial charge in [0.1, 0.15) is 5.82 Å². The van der Waals surface area contributed by atoms with Crippen LogP contribution in [0.25, 0.3) is 0 Å². The van der Waals surface area contributed by atoms with E-state index >= 15 is 0 Å². The Hall–Kier alpha value is -1.88. The lowest BCUT2D eigenvalue weighted by Crippen LogP contribution is -2.13. The van der Waals surface area contributed by atoms with E-state index in [0.29, 0.717) is 11.6 Å². The number of benzene rings is 2. The zero-order valence-corrected chi connectivity index (χ0v) is 11.5. The molecule has 0 unspecified atom stereocenters. The van der Waals surface area contributed by atoms with Crippen LogP contribution in [0, 0.1) is 12.7 Å². The van der Waals surface area contributed by atoms with Crippen LogP contribution in [0.15, 0.2) is 36.4 Å². The minimum absolute atomic E-state index is 0.0313. The zero-order chi connectivity index (χ0) is 15.8. The molecule has 0 aliphatic heterocycles. The molecule has 0 saturated heterocycles. The minimum atomic E-state index is -4.86. The fourth-order valence-corrected chi connectivity index (χ4v) is 2.00. The number of alkyl halides is 3. The van der Waals surface area contributed by atoms with E-state index in [4.69, 9.17) is 11.6 Å². The normalized spacial score (nSPS) is 11.5. The first-order valence-electron chi connectivity index (χ1n) is 5.88. The number of halogens is 5. The van der Waals surface area contributed by atoms with Crippen molar-refractivity contribution >= 4 is 17.4 Å². The van der Waals surface area contributed by atoms with Gasteiger partial charge in [-0.2, -0.15) is 13.2 Å². The van der Waals surface area contributed by atoms with Gasteiger partial charge in [-0.25, -0.2) is 4.39 Å². The third-order valence-corrected chi connectivity index (χ3v) is 3.39.